The van der Waals surface area contributed by atoms with Gasteiger partial charge in [0.05, 0.1) is 26.7 Å². The molecular formula is C31H36N4O13P2. The number of nitrogens with one attached hydrogen (secondary N) is 3. The van der Waals surface area contributed by atoms with E-state index in [4.69, 9.17) is 38.7 Å². The lowest BCUT2D eigenvalue weighted by molar-refractivity contribution is -0.143. The molecule has 0 amide bonds. The predicted octanol–water partition coefficient (Wildman–Crippen LogP) is 2.76. The van der Waals surface area contributed by atoms with Crippen molar-refractivity contribution >= 4 is 27.4 Å². The maximum absolute atomic E-state index is 14.4. The Hall–Kier alpha value is -4.52. The van der Waals surface area contributed by atoms with Gasteiger partial charge in [-0.1, -0.05) is 42.3 Å². The molecule has 0 spiro atoms. The summed E-state index contributed by atoms with van der Waals surface area (Å²) in [5.74, 6) is -0.160. The van der Waals surface area contributed by atoms with Crippen LogP contribution >= 0.6 is 15.5 Å². The average Bonchev–Trinajstić information content (AvgIpc) is 3.43. The zero-order valence-electron chi connectivity index (χ0n) is 27.3. The molecule has 1 fully saturated rings. The van der Waals surface area contributed by atoms with Gasteiger partial charge in [-0.15, -0.1) is 6.42 Å². The number of terminal acetylenes is 1. The molecule has 3 N–H and O–H groups in total. The molecular weight excluding hydrogens is 698 g/mol. The molecule has 0 bridgehead atoms. The van der Waals surface area contributed by atoms with Crippen LogP contribution in [0.5, 0.6) is 11.5 Å². The molecule has 1 aliphatic rings. The van der Waals surface area contributed by atoms with E-state index < -0.39 is 81.7 Å². The Labute approximate surface area is 286 Å². The molecule has 0 saturated carbocycles. The number of ether oxygens (including phenoxy) is 3. The van der Waals surface area contributed by atoms with Gasteiger partial charge < -0.3 is 23.3 Å². The molecule has 268 valence electrons. The second-order valence-corrected chi connectivity index (χ2v) is 14.0. The minimum absolute atomic E-state index is 0.0829. The van der Waals surface area contributed by atoms with Crippen molar-refractivity contribution in [3.63, 3.8) is 0 Å². The molecule has 4 rings (SSSR count). The summed E-state index contributed by atoms with van der Waals surface area (Å²) in [7, 11) is -6.78. The first-order valence-corrected chi connectivity index (χ1v) is 18.1. The monoisotopic (exact) mass is 734 g/mol. The second kappa shape index (κ2) is 16.9. The first-order valence-electron chi connectivity index (χ1n) is 15.0. The summed E-state index contributed by atoms with van der Waals surface area (Å²) in [6.45, 7) is 2.06. The Morgan fingerprint density at radius 1 is 0.900 bits per heavy atom. The zero-order chi connectivity index (χ0) is 36.5. The van der Waals surface area contributed by atoms with Gasteiger partial charge in [0.2, 0.25) is 0 Å². The maximum Gasteiger partial charge on any atom is 0.459 e. The highest BCUT2D eigenvalue weighted by atomic mass is 31.2. The summed E-state index contributed by atoms with van der Waals surface area (Å²) in [6.07, 6.45) is 2.85. The van der Waals surface area contributed by atoms with E-state index >= 15 is 0 Å². The van der Waals surface area contributed by atoms with E-state index in [0.29, 0.717) is 0 Å². The number of aromatic amines is 1. The van der Waals surface area contributed by atoms with E-state index in [1.807, 2.05) is 0 Å². The van der Waals surface area contributed by atoms with Gasteiger partial charge in [-0.25, -0.2) is 13.9 Å². The van der Waals surface area contributed by atoms with Crippen molar-refractivity contribution in [1.29, 1.82) is 0 Å². The molecule has 50 heavy (non-hydrogen) atoms. The fourth-order valence-corrected chi connectivity index (χ4v) is 7.94. The van der Waals surface area contributed by atoms with E-state index in [1.54, 1.807) is 36.4 Å². The molecule has 1 saturated heterocycles. The minimum atomic E-state index is -4.60. The van der Waals surface area contributed by atoms with E-state index in [2.05, 4.69) is 21.1 Å². The molecule has 3 aromatic rings. The summed E-state index contributed by atoms with van der Waals surface area (Å²) < 4.78 is 68.4. The molecule has 19 heteroatoms. The first kappa shape index (κ1) is 38.3. The lowest BCUT2D eigenvalue weighted by Crippen LogP contribution is -2.40. The SMILES string of the molecule is C#C[C@@H]1[C@H](OP(=O)(N[C@@H](C)C(=O)OC)Oc2ccccc2)[C@@H](COP(=O)(N[C@@H](C)C(=O)OC)Oc2ccccc2)O[C@H]1n1ccc(=O)[nH]c1=O. The molecule has 8 atom stereocenters. The number of carbonyl (C=O) groups is 2. The van der Waals surface area contributed by atoms with Crippen molar-refractivity contribution in [3.8, 4) is 23.8 Å². The van der Waals surface area contributed by atoms with Gasteiger partial charge in [0.15, 0.2) is 6.23 Å². The van der Waals surface area contributed by atoms with Crippen LogP contribution in [0.3, 0.4) is 0 Å². The summed E-state index contributed by atoms with van der Waals surface area (Å²) in [6, 6.07) is 14.4. The van der Waals surface area contributed by atoms with Crippen molar-refractivity contribution in [1.82, 2.24) is 19.7 Å². The third kappa shape index (κ3) is 9.80. The van der Waals surface area contributed by atoms with Crippen LogP contribution in [-0.4, -0.2) is 66.6 Å². The Morgan fingerprint density at radius 3 is 1.92 bits per heavy atom. The third-order valence-electron chi connectivity index (χ3n) is 7.08. The number of benzene rings is 2. The van der Waals surface area contributed by atoms with E-state index in [9.17, 15) is 28.3 Å². The molecule has 1 aliphatic heterocycles. The van der Waals surface area contributed by atoms with Crippen LogP contribution in [0, 0.1) is 18.3 Å². The Kier molecular flexibility index (Phi) is 13.0. The van der Waals surface area contributed by atoms with Gasteiger partial charge in [0.25, 0.3) is 5.56 Å². The van der Waals surface area contributed by atoms with Crippen molar-refractivity contribution in [3.05, 3.63) is 93.8 Å². The van der Waals surface area contributed by atoms with Crippen LogP contribution < -0.4 is 30.5 Å². The van der Waals surface area contributed by atoms with Crippen molar-refractivity contribution in [2.75, 3.05) is 20.8 Å². The number of para-hydroxylation sites is 2. The number of rotatable bonds is 16. The lowest BCUT2D eigenvalue weighted by atomic mass is 10.0. The summed E-state index contributed by atoms with van der Waals surface area (Å²) in [4.78, 5) is 51.3. The number of carbonyl (C=O) groups excluding carboxylic acids is 2. The average molecular weight is 735 g/mol. The molecule has 17 nitrogen and oxygen atoms in total. The van der Waals surface area contributed by atoms with Crippen molar-refractivity contribution in [2.24, 2.45) is 5.92 Å². The first-order chi connectivity index (χ1) is 23.8. The van der Waals surface area contributed by atoms with Gasteiger partial charge in [0.1, 0.15) is 35.8 Å². The highest BCUT2D eigenvalue weighted by Gasteiger charge is 2.51. The largest absolute Gasteiger partial charge is 0.468 e. The van der Waals surface area contributed by atoms with Crippen molar-refractivity contribution in [2.45, 2.75) is 44.4 Å². The summed E-state index contributed by atoms with van der Waals surface area (Å²) >= 11 is 0. The van der Waals surface area contributed by atoms with Crippen LogP contribution in [0.4, 0.5) is 0 Å². The highest BCUT2D eigenvalue weighted by molar-refractivity contribution is 7.52. The maximum atomic E-state index is 14.4. The van der Waals surface area contributed by atoms with Crippen LogP contribution in [0.15, 0.2) is 82.5 Å². The van der Waals surface area contributed by atoms with Gasteiger partial charge in [-0.05, 0) is 38.1 Å². The quantitative estimate of drug-likeness (QED) is 0.110. The number of nitrogens with zero attached hydrogens (tertiary/aromatic N) is 1. The Morgan fingerprint density at radius 2 is 1.42 bits per heavy atom. The molecule has 2 unspecified atom stereocenters. The van der Waals surface area contributed by atoms with E-state index in [0.717, 1.165) is 31.0 Å². The van der Waals surface area contributed by atoms with Gasteiger partial charge in [0, 0.05) is 12.3 Å². The second-order valence-electron chi connectivity index (χ2n) is 10.7. The summed E-state index contributed by atoms with van der Waals surface area (Å²) in [5.41, 5.74) is -1.59. The smallest absolute Gasteiger partial charge is 0.459 e. The number of aromatic nitrogens is 2. The fourth-order valence-electron chi connectivity index (χ4n) is 4.72. The van der Waals surface area contributed by atoms with Crippen molar-refractivity contribution < 1.29 is 51.0 Å². The van der Waals surface area contributed by atoms with Gasteiger partial charge in [-0.3, -0.25) is 33.0 Å². The highest BCUT2D eigenvalue weighted by Crippen LogP contribution is 2.52. The molecule has 1 aromatic heterocycles. The topological polar surface area (TPSA) is 212 Å². The fraction of sp³-hybridized carbons (Fsp3) is 0.355. The number of hydrogen-bond donors (Lipinski definition) is 3. The third-order valence-corrected chi connectivity index (χ3v) is 10.4. The predicted molar refractivity (Wildman–Crippen MR) is 177 cm³/mol. The van der Waals surface area contributed by atoms with Crippen LogP contribution in [0.2, 0.25) is 0 Å². The molecule has 0 aliphatic carbocycles. The molecule has 2 heterocycles. The van der Waals surface area contributed by atoms with Crippen LogP contribution in [0.1, 0.15) is 20.1 Å². The molecule has 2 aromatic carbocycles. The summed E-state index contributed by atoms with van der Waals surface area (Å²) in [5, 5.41) is 5.02. The standard InChI is InChI=1S/C31H36N4O13P2/c1-6-24-27(48-50(41,34-21(3)30(38)43-5)47-23-15-11-8-12-16-23)25(45-28(24)35-18-17-26(36)32-31(35)39)19-44-49(40,33-20(2)29(37)42-4)46-22-13-9-7-10-14-22/h1,7-18,20-21,24-25,27-28H,19H2,2-5H3,(H,33,40)(H,34,41)(H,32,36,39)/t20-,21-,24+,25+,27-,28+,49?,50?/m0/s1. The minimum Gasteiger partial charge on any atom is -0.468 e. The Bertz CT molecular complexity index is 1880. The number of esters is 2. The lowest BCUT2D eigenvalue weighted by Gasteiger charge is -2.29. The zero-order valence-corrected chi connectivity index (χ0v) is 29.1. The van der Waals surface area contributed by atoms with Gasteiger partial charge in [-0.2, -0.15) is 10.2 Å². The van der Waals surface area contributed by atoms with E-state index in [1.165, 1.54) is 38.1 Å². The number of H-pyrrole nitrogens is 1. The number of methoxy groups -OCH3 is 2. The number of hydrogen-bond acceptors (Lipinski definition) is 13. The van der Waals surface area contributed by atoms with Gasteiger partial charge >= 0.3 is 33.1 Å². The van der Waals surface area contributed by atoms with Crippen LogP contribution in [0.25, 0.3) is 0 Å². The van der Waals surface area contributed by atoms with E-state index in [-0.39, 0.29) is 11.5 Å². The Balaban J connectivity index is 1.74. The van der Waals surface area contributed by atoms with Crippen LogP contribution in [-0.2, 0) is 42.0 Å². The normalized spacial score (nSPS) is 22.1. The molecule has 0 radical (unpaired) electrons.